The van der Waals surface area contributed by atoms with E-state index in [1.54, 1.807) is 6.20 Å². The van der Waals surface area contributed by atoms with E-state index in [1.165, 1.54) is 0 Å². The van der Waals surface area contributed by atoms with E-state index < -0.39 is 0 Å². The van der Waals surface area contributed by atoms with E-state index in [-0.39, 0.29) is 18.0 Å². The van der Waals surface area contributed by atoms with Crippen molar-refractivity contribution in [3.05, 3.63) is 42.2 Å². The average Bonchev–Trinajstić information content (AvgIpc) is 3.19. The van der Waals surface area contributed by atoms with Crippen molar-refractivity contribution in [3.63, 3.8) is 0 Å². The number of para-hydroxylation sites is 1. The number of rotatable bonds is 6. The molecule has 0 bridgehead atoms. The monoisotopic (exact) mass is 343 g/mol. The molecule has 1 aliphatic heterocycles. The highest BCUT2D eigenvalue weighted by Gasteiger charge is 2.29. The molecule has 2 N–H and O–H groups in total. The highest BCUT2D eigenvalue weighted by Crippen LogP contribution is 2.35. The molecule has 2 atom stereocenters. The second-order valence-corrected chi connectivity index (χ2v) is 6.64. The van der Waals surface area contributed by atoms with Crippen LogP contribution in [0.1, 0.15) is 18.4 Å². The van der Waals surface area contributed by atoms with Crippen LogP contribution >= 0.6 is 0 Å². The topological polar surface area (TPSA) is 71.4 Å². The Morgan fingerprint density at radius 3 is 3.04 bits per heavy atom. The molecule has 3 rings (SSSR count). The van der Waals surface area contributed by atoms with E-state index in [9.17, 15) is 4.79 Å². The summed E-state index contributed by atoms with van der Waals surface area (Å²) in [5.74, 6) is 1.06. The summed E-state index contributed by atoms with van der Waals surface area (Å²) < 4.78 is 7.51. The quantitative estimate of drug-likeness (QED) is 0.843. The number of amides is 2. The van der Waals surface area contributed by atoms with Crippen LogP contribution in [0.15, 0.2) is 36.7 Å². The number of urea groups is 1. The second-order valence-electron chi connectivity index (χ2n) is 6.64. The molecule has 0 fully saturated rings. The Morgan fingerprint density at radius 2 is 2.24 bits per heavy atom. The minimum atomic E-state index is -0.232. The van der Waals surface area contributed by atoms with E-state index in [1.807, 2.05) is 50.1 Å². The molecule has 25 heavy (non-hydrogen) atoms. The lowest BCUT2D eigenvalue weighted by Crippen LogP contribution is -2.40. The Labute approximate surface area is 148 Å². The number of hydrogen-bond donors (Lipinski definition) is 2. The molecule has 1 aliphatic rings. The minimum Gasteiger partial charge on any atom is -0.493 e. The summed E-state index contributed by atoms with van der Waals surface area (Å²) in [6.07, 6.45) is 3.50. The zero-order chi connectivity index (χ0) is 17.8. The number of carbonyl (C=O) groups is 1. The predicted molar refractivity (Wildman–Crippen MR) is 97.1 cm³/mol. The van der Waals surface area contributed by atoms with Crippen LogP contribution in [0, 0.1) is 0 Å². The molecule has 2 amide bonds. The second kappa shape index (κ2) is 7.57. The first-order valence-corrected chi connectivity index (χ1v) is 8.49. The van der Waals surface area contributed by atoms with Gasteiger partial charge in [0.15, 0.2) is 0 Å². The van der Waals surface area contributed by atoms with Gasteiger partial charge in [0, 0.05) is 30.3 Å². The normalized spacial score (nSPS) is 17.0. The van der Waals surface area contributed by atoms with Crippen molar-refractivity contribution >= 4 is 11.7 Å². The van der Waals surface area contributed by atoms with E-state index >= 15 is 0 Å². The number of nitrogens with one attached hydrogen (secondary N) is 2. The van der Waals surface area contributed by atoms with Gasteiger partial charge in [-0.25, -0.2) is 4.79 Å². The van der Waals surface area contributed by atoms with Gasteiger partial charge in [-0.15, -0.1) is 0 Å². The van der Waals surface area contributed by atoms with Crippen molar-refractivity contribution in [3.8, 4) is 5.75 Å². The Kier molecular flexibility index (Phi) is 5.23. The third-order valence-corrected chi connectivity index (χ3v) is 4.37. The number of fused-ring (bicyclic) bond motifs is 1. The first-order valence-electron chi connectivity index (χ1n) is 8.49. The molecular formula is C18H25N5O2. The Bertz CT molecular complexity index is 728. The van der Waals surface area contributed by atoms with Gasteiger partial charge in [0.25, 0.3) is 0 Å². The van der Waals surface area contributed by atoms with Crippen LogP contribution in [0.2, 0.25) is 0 Å². The fraction of sp³-hybridized carbons (Fsp3) is 0.444. The minimum absolute atomic E-state index is 0.0348. The molecule has 0 aliphatic carbocycles. The van der Waals surface area contributed by atoms with Gasteiger partial charge >= 0.3 is 6.03 Å². The van der Waals surface area contributed by atoms with Gasteiger partial charge < -0.3 is 20.3 Å². The van der Waals surface area contributed by atoms with Crippen LogP contribution in [-0.4, -0.2) is 54.0 Å². The molecule has 0 saturated heterocycles. The largest absolute Gasteiger partial charge is 0.493 e. The predicted octanol–water partition coefficient (Wildman–Crippen LogP) is 2.13. The number of anilines is 1. The Morgan fingerprint density at radius 1 is 1.44 bits per heavy atom. The van der Waals surface area contributed by atoms with E-state index in [0.717, 1.165) is 24.4 Å². The van der Waals surface area contributed by atoms with Crippen LogP contribution < -0.4 is 15.4 Å². The first kappa shape index (κ1) is 17.3. The summed E-state index contributed by atoms with van der Waals surface area (Å²) in [7, 11) is 4.03. The van der Waals surface area contributed by atoms with Gasteiger partial charge in [-0.3, -0.25) is 4.68 Å². The molecule has 0 unspecified atom stereocenters. The summed E-state index contributed by atoms with van der Waals surface area (Å²) >= 11 is 0. The van der Waals surface area contributed by atoms with Crippen molar-refractivity contribution in [2.45, 2.75) is 25.4 Å². The average molecular weight is 343 g/mol. The van der Waals surface area contributed by atoms with Crippen LogP contribution in [0.3, 0.4) is 0 Å². The van der Waals surface area contributed by atoms with Gasteiger partial charge in [0.05, 0.1) is 25.0 Å². The summed E-state index contributed by atoms with van der Waals surface area (Å²) in [5.41, 5.74) is 1.83. The smallest absolute Gasteiger partial charge is 0.319 e. The standard InChI is InChI=1S/C18H25N5O2/c1-13(16-12-25-17-7-5-4-6-15(16)17)20-18(24)21-14-10-19-23(11-14)9-8-22(2)3/h4-7,10-11,13,16H,8-9,12H2,1-3H3,(H2,20,21,24)/t13-,16-/m1/s1. The highest BCUT2D eigenvalue weighted by atomic mass is 16.5. The maximum atomic E-state index is 12.3. The molecule has 0 spiro atoms. The molecule has 7 heteroatoms. The van der Waals surface area contributed by atoms with Gasteiger partial charge in [0.2, 0.25) is 0 Å². The Hall–Kier alpha value is -2.54. The zero-order valence-electron chi connectivity index (χ0n) is 14.9. The van der Waals surface area contributed by atoms with Gasteiger partial charge in [-0.05, 0) is 27.1 Å². The zero-order valence-corrected chi connectivity index (χ0v) is 14.9. The van der Waals surface area contributed by atoms with E-state index in [4.69, 9.17) is 4.74 Å². The van der Waals surface area contributed by atoms with Gasteiger partial charge in [-0.1, -0.05) is 18.2 Å². The van der Waals surface area contributed by atoms with Crippen LogP contribution in [0.25, 0.3) is 0 Å². The van der Waals surface area contributed by atoms with E-state index in [2.05, 4.69) is 26.7 Å². The molecule has 7 nitrogen and oxygen atoms in total. The fourth-order valence-corrected chi connectivity index (χ4v) is 2.93. The number of aromatic nitrogens is 2. The molecule has 134 valence electrons. The lowest BCUT2D eigenvalue weighted by atomic mass is 9.94. The van der Waals surface area contributed by atoms with Gasteiger partial charge in [0.1, 0.15) is 5.75 Å². The maximum Gasteiger partial charge on any atom is 0.319 e. The van der Waals surface area contributed by atoms with E-state index in [0.29, 0.717) is 12.3 Å². The molecule has 1 aromatic heterocycles. The SMILES string of the molecule is C[C@@H](NC(=O)Nc1cnn(CCN(C)C)c1)[C@H]1COc2ccccc21. The Balaban J connectivity index is 1.53. The van der Waals surface area contributed by atoms with Gasteiger partial charge in [-0.2, -0.15) is 5.10 Å². The number of benzene rings is 1. The fourth-order valence-electron chi connectivity index (χ4n) is 2.93. The number of ether oxygens (including phenoxy) is 1. The molecule has 0 radical (unpaired) electrons. The van der Waals surface area contributed by atoms with Crippen LogP contribution in [0.4, 0.5) is 10.5 Å². The number of likely N-dealkylation sites (N-methyl/N-ethyl adjacent to an activating group) is 1. The summed E-state index contributed by atoms with van der Waals surface area (Å²) in [6, 6.07) is 7.70. The molecule has 1 aromatic carbocycles. The highest BCUT2D eigenvalue weighted by molar-refractivity contribution is 5.89. The number of nitrogens with zero attached hydrogens (tertiary/aromatic N) is 3. The number of hydrogen-bond acceptors (Lipinski definition) is 4. The summed E-state index contributed by atoms with van der Waals surface area (Å²) in [6.45, 7) is 4.26. The molecule has 2 aromatic rings. The van der Waals surface area contributed by atoms with Crippen molar-refractivity contribution in [1.29, 1.82) is 0 Å². The van der Waals surface area contributed by atoms with Crippen molar-refractivity contribution in [1.82, 2.24) is 20.0 Å². The summed E-state index contributed by atoms with van der Waals surface area (Å²) in [5, 5.41) is 10.1. The van der Waals surface area contributed by atoms with Crippen LogP contribution in [-0.2, 0) is 6.54 Å². The lowest BCUT2D eigenvalue weighted by Gasteiger charge is -2.20. The molecule has 2 heterocycles. The van der Waals surface area contributed by atoms with Crippen molar-refractivity contribution < 1.29 is 9.53 Å². The van der Waals surface area contributed by atoms with Crippen molar-refractivity contribution in [2.24, 2.45) is 0 Å². The number of carbonyl (C=O) groups excluding carboxylic acids is 1. The maximum absolute atomic E-state index is 12.3. The van der Waals surface area contributed by atoms with Crippen LogP contribution in [0.5, 0.6) is 5.75 Å². The molecular weight excluding hydrogens is 318 g/mol. The lowest BCUT2D eigenvalue weighted by molar-refractivity contribution is 0.244. The third-order valence-electron chi connectivity index (χ3n) is 4.37. The van der Waals surface area contributed by atoms with Crippen molar-refractivity contribution in [2.75, 3.05) is 32.6 Å². The third kappa shape index (κ3) is 4.30. The summed E-state index contributed by atoms with van der Waals surface area (Å²) in [4.78, 5) is 14.3. The molecule has 0 saturated carbocycles. The first-order chi connectivity index (χ1) is 12.0.